The Kier molecular flexibility index (Phi) is 5.09. The predicted octanol–water partition coefficient (Wildman–Crippen LogP) is -1.25. The smallest absolute Gasteiger partial charge is 0.322 e. The zero-order chi connectivity index (χ0) is 13.9. The minimum Gasteiger partial charge on any atom is -0.480 e. The third kappa shape index (κ3) is 3.19. The van der Waals surface area contributed by atoms with Gasteiger partial charge in [-0.1, -0.05) is 0 Å². The van der Waals surface area contributed by atoms with E-state index in [1.54, 1.807) is 18.7 Å². The first-order valence-corrected chi connectivity index (χ1v) is 7.47. The molecule has 18 heavy (non-hydrogen) atoms. The van der Waals surface area contributed by atoms with Crippen molar-refractivity contribution in [3.63, 3.8) is 0 Å². The van der Waals surface area contributed by atoms with Gasteiger partial charge >= 0.3 is 5.97 Å². The van der Waals surface area contributed by atoms with E-state index in [-0.39, 0.29) is 6.54 Å². The van der Waals surface area contributed by atoms with E-state index in [0.29, 0.717) is 26.2 Å². The normalized spacial score (nSPS) is 21.1. The number of carboxylic acid groups (broad SMARTS) is 1. The van der Waals surface area contributed by atoms with Crippen LogP contribution in [0.15, 0.2) is 0 Å². The second kappa shape index (κ2) is 5.96. The Bertz CT molecular complexity index is 388. The fraction of sp³-hybridized carbons (Fsp3) is 0.900. The average Bonchev–Trinajstić information content (AvgIpc) is 2.30. The fourth-order valence-electron chi connectivity index (χ4n) is 1.97. The van der Waals surface area contributed by atoms with Gasteiger partial charge in [-0.3, -0.25) is 9.69 Å². The van der Waals surface area contributed by atoms with Gasteiger partial charge in [0, 0.05) is 32.7 Å². The molecule has 1 heterocycles. The summed E-state index contributed by atoms with van der Waals surface area (Å²) in [4.78, 5) is 12.7. The Morgan fingerprint density at radius 1 is 1.28 bits per heavy atom. The number of hydrogen-bond acceptors (Lipinski definition) is 5. The van der Waals surface area contributed by atoms with Crippen molar-refractivity contribution in [3.8, 4) is 0 Å². The Labute approximate surface area is 108 Å². The molecule has 1 aliphatic rings. The monoisotopic (exact) mass is 279 g/mol. The summed E-state index contributed by atoms with van der Waals surface area (Å²) >= 11 is 0. The van der Waals surface area contributed by atoms with Crippen molar-refractivity contribution in [1.82, 2.24) is 9.21 Å². The second-order valence-corrected chi connectivity index (χ2v) is 7.11. The van der Waals surface area contributed by atoms with Gasteiger partial charge < -0.3 is 10.8 Å². The summed E-state index contributed by atoms with van der Waals surface area (Å²) in [5.74, 6) is -0.960. The van der Waals surface area contributed by atoms with Crippen LogP contribution in [-0.4, -0.2) is 72.7 Å². The minimum absolute atomic E-state index is 0.0340. The second-order valence-electron chi connectivity index (χ2n) is 4.62. The summed E-state index contributed by atoms with van der Waals surface area (Å²) in [5, 5.41) is 8.54. The van der Waals surface area contributed by atoms with Gasteiger partial charge in [-0.15, -0.1) is 0 Å². The lowest BCUT2D eigenvalue weighted by Crippen LogP contribution is -2.56. The summed E-state index contributed by atoms with van der Waals surface area (Å²) in [5.41, 5.74) is 5.42. The van der Waals surface area contributed by atoms with Gasteiger partial charge in [0.2, 0.25) is 10.0 Å². The van der Waals surface area contributed by atoms with Crippen molar-refractivity contribution in [2.45, 2.75) is 25.1 Å². The van der Waals surface area contributed by atoms with E-state index in [0.717, 1.165) is 0 Å². The van der Waals surface area contributed by atoms with Crippen molar-refractivity contribution in [2.24, 2.45) is 5.73 Å². The summed E-state index contributed by atoms with van der Waals surface area (Å²) in [6.07, 6.45) is 0. The number of carboxylic acids is 1. The quantitative estimate of drug-likeness (QED) is 0.652. The van der Waals surface area contributed by atoms with Crippen molar-refractivity contribution in [2.75, 3.05) is 32.7 Å². The highest BCUT2D eigenvalue weighted by molar-refractivity contribution is 7.89. The summed E-state index contributed by atoms with van der Waals surface area (Å²) in [6.45, 7) is 4.77. The van der Waals surface area contributed by atoms with Crippen LogP contribution in [0.3, 0.4) is 0 Å². The van der Waals surface area contributed by atoms with E-state index >= 15 is 0 Å². The number of sulfonamides is 1. The molecule has 1 aliphatic heterocycles. The van der Waals surface area contributed by atoms with Gasteiger partial charge in [-0.25, -0.2) is 8.42 Å². The Hall–Kier alpha value is -0.700. The molecule has 3 N–H and O–H groups in total. The molecule has 8 heteroatoms. The van der Waals surface area contributed by atoms with Crippen molar-refractivity contribution < 1.29 is 18.3 Å². The van der Waals surface area contributed by atoms with E-state index in [1.807, 2.05) is 0 Å². The first kappa shape index (κ1) is 15.4. The van der Waals surface area contributed by atoms with Gasteiger partial charge in [0.1, 0.15) is 6.04 Å². The van der Waals surface area contributed by atoms with Gasteiger partial charge in [0.15, 0.2) is 0 Å². The SMILES string of the molecule is CC(C)S(=O)(=O)N1CCN(C(CN)C(=O)O)CC1. The number of rotatable bonds is 5. The van der Waals surface area contributed by atoms with Crippen molar-refractivity contribution >= 4 is 16.0 Å². The molecule has 106 valence electrons. The van der Waals surface area contributed by atoms with Crippen LogP contribution in [0.25, 0.3) is 0 Å². The molecule has 1 rings (SSSR count). The molecule has 0 amide bonds. The topological polar surface area (TPSA) is 104 Å². The van der Waals surface area contributed by atoms with E-state index in [2.05, 4.69) is 0 Å². The van der Waals surface area contributed by atoms with Crippen molar-refractivity contribution in [3.05, 3.63) is 0 Å². The van der Waals surface area contributed by atoms with Gasteiger partial charge in [0.25, 0.3) is 0 Å². The summed E-state index contributed by atoms with van der Waals surface area (Å²) < 4.78 is 25.3. The molecule has 0 aromatic heterocycles. The highest BCUT2D eigenvalue weighted by Crippen LogP contribution is 2.13. The molecule has 1 unspecified atom stereocenters. The Morgan fingerprint density at radius 2 is 1.78 bits per heavy atom. The van der Waals surface area contributed by atoms with Gasteiger partial charge in [-0.2, -0.15) is 4.31 Å². The Balaban J connectivity index is 2.64. The van der Waals surface area contributed by atoms with Crippen molar-refractivity contribution in [1.29, 1.82) is 0 Å². The van der Waals surface area contributed by atoms with Crippen LogP contribution in [-0.2, 0) is 14.8 Å². The zero-order valence-corrected chi connectivity index (χ0v) is 11.6. The highest BCUT2D eigenvalue weighted by atomic mass is 32.2. The molecule has 0 radical (unpaired) electrons. The zero-order valence-electron chi connectivity index (χ0n) is 10.7. The van der Waals surface area contributed by atoms with E-state index < -0.39 is 27.3 Å². The van der Waals surface area contributed by atoms with Gasteiger partial charge in [0.05, 0.1) is 5.25 Å². The molecule has 0 aliphatic carbocycles. The first-order valence-electron chi connectivity index (χ1n) is 5.96. The maximum atomic E-state index is 11.9. The number of aliphatic carboxylic acids is 1. The number of piperazine rings is 1. The number of nitrogens with two attached hydrogens (primary N) is 1. The van der Waals surface area contributed by atoms with E-state index in [4.69, 9.17) is 10.8 Å². The van der Waals surface area contributed by atoms with Crippen LogP contribution in [0.1, 0.15) is 13.8 Å². The molecule has 0 bridgehead atoms. The maximum Gasteiger partial charge on any atom is 0.322 e. The molecule has 0 saturated carbocycles. The lowest BCUT2D eigenvalue weighted by Gasteiger charge is -2.37. The van der Waals surface area contributed by atoms with Crippen LogP contribution >= 0.6 is 0 Å². The lowest BCUT2D eigenvalue weighted by molar-refractivity contribution is -0.143. The summed E-state index contributed by atoms with van der Waals surface area (Å²) in [6, 6.07) is -0.728. The van der Waals surface area contributed by atoms with Crippen LogP contribution in [0.4, 0.5) is 0 Å². The van der Waals surface area contributed by atoms with Gasteiger partial charge in [-0.05, 0) is 13.8 Å². The van der Waals surface area contributed by atoms with Crippen LogP contribution in [0, 0.1) is 0 Å². The van der Waals surface area contributed by atoms with E-state index in [9.17, 15) is 13.2 Å². The first-order chi connectivity index (χ1) is 8.30. The molecule has 1 atom stereocenters. The average molecular weight is 279 g/mol. The standard InChI is InChI=1S/C10H21N3O4S/c1-8(2)18(16,17)13-5-3-12(4-6-13)9(7-11)10(14)15/h8-9H,3-7,11H2,1-2H3,(H,14,15). The lowest BCUT2D eigenvalue weighted by atomic mass is 10.2. The minimum atomic E-state index is -3.25. The highest BCUT2D eigenvalue weighted by Gasteiger charge is 2.33. The Morgan fingerprint density at radius 3 is 2.11 bits per heavy atom. The maximum absolute atomic E-state index is 11.9. The number of hydrogen-bond donors (Lipinski definition) is 2. The largest absolute Gasteiger partial charge is 0.480 e. The molecule has 7 nitrogen and oxygen atoms in total. The predicted molar refractivity (Wildman–Crippen MR) is 67.7 cm³/mol. The third-order valence-corrected chi connectivity index (χ3v) is 5.45. The molecule has 1 saturated heterocycles. The van der Waals surface area contributed by atoms with E-state index in [1.165, 1.54) is 4.31 Å². The number of carbonyl (C=O) groups is 1. The molecule has 0 spiro atoms. The molecular formula is C10H21N3O4S. The fourth-order valence-corrected chi connectivity index (χ4v) is 3.24. The number of nitrogens with zero attached hydrogens (tertiary/aromatic N) is 2. The van der Waals surface area contributed by atoms with Crippen LogP contribution in [0.2, 0.25) is 0 Å². The molecule has 0 aromatic carbocycles. The summed E-state index contributed by atoms with van der Waals surface area (Å²) in [7, 11) is -3.25. The molecule has 1 fully saturated rings. The third-order valence-electron chi connectivity index (χ3n) is 3.18. The van der Waals surface area contributed by atoms with Crippen LogP contribution < -0.4 is 5.73 Å². The molecule has 0 aromatic rings. The van der Waals surface area contributed by atoms with Crippen LogP contribution in [0.5, 0.6) is 0 Å². The molecular weight excluding hydrogens is 258 g/mol.